The van der Waals surface area contributed by atoms with Crippen molar-refractivity contribution < 1.29 is 4.79 Å². The van der Waals surface area contributed by atoms with E-state index in [1.54, 1.807) is 6.07 Å². The SMILES string of the molecule is NC(=O)c1cc(N)ccc1NC1CC2CCC1C2. The number of amides is 1. The molecule has 2 bridgehead atoms. The number of nitrogens with one attached hydrogen (secondary N) is 1. The Morgan fingerprint density at radius 1 is 1.28 bits per heavy atom. The molecule has 3 rings (SSSR count). The van der Waals surface area contributed by atoms with E-state index in [9.17, 15) is 4.79 Å². The highest BCUT2D eigenvalue weighted by atomic mass is 16.1. The summed E-state index contributed by atoms with van der Waals surface area (Å²) in [4.78, 5) is 11.4. The van der Waals surface area contributed by atoms with Gasteiger partial charge in [0.05, 0.1) is 5.56 Å². The van der Waals surface area contributed by atoms with Crippen LogP contribution in [0.25, 0.3) is 0 Å². The van der Waals surface area contributed by atoms with Gasteiger partial charge in [-0.3, -0.25) is 4.79 Å². The highest BCUT2D eigenvalue weighted by Crippen LogP contribution is 2.45. The standard InChI is InChI=1S/C14H19N3O/c15-10-3-4-12(11(7-10)14(16)18)17-13-6-8-1-2-9(13)5-8/h3-4,7-9,13,17H,1-2,5-6,15H2,(H2,16,18). The van der Waals surface area contributed by atoms with E-state index >= 15 is 0 Å². The second-order valence-electron chi connectivity index (χ2n) is 5.59. The third-order valence-electron chi connectivity index (χ3n) is 4.39. The molecule has 0 saturated heterocycles. The molecule has 0 aromatic heterocycles. The van der Waals surface area contributed by atoms with Gasteiger partial charge >= 0.3 is 0 Å². The topological polar surface area (TPSA) is 81.1 Å². The Balaban J connectivity index is 1.82. The van der Waals surface area contributed by atoms with Crippen LogP contribution in [0.15, 0.2) is 18.2 Å². The fourth-order valence-corrected chi connectivity index (χ4v) is 3.51. The molecule has 0 spiro atoms. The minimum atomic E-state index is -0.423. The molecular formula is C14H19N3O. The highest BCUT2D eigenvalue weighted by Gasteiger charge is 2.39. The molecule has 3 unspecified atom stereocenters. The molecule has 96 valence electrons. The lowest BCUT2D eigenvalue weighted by Crippen LogP contribution is -2.27. The van der Waals surface area contributed by atoms with Crippen LogP contribution in [-0.4, -0.2) is 11.9 Å². The van der Waals surface area contributed by atoms with Crippen LogP contribution in [0.4, 0.5) is 11.4 Å². The zero-order valence-electron chi connectivity index (χ0n) is 10.4. The Morgan fingerprint density at radius 3 is 2.72 bits per heavy atom. The van der Waals surface area contributed by atoms with Crippen molar-refractivity contribution in [3.63, 3.8) is 0 Å². The summed E-state index contributed by atoms with van der Waals surface area (Å²) in [6.07, 6.45) is 5.22. The average Bonchev–Trinajstić information content (AvgIpc) is 2.93. The van der Waals surface area contributed by atoms with Crippen LogP contribution < -0.4 is 16.8 Å². The summed E-state index contributed by atoms with van der Waals surface area (Å²) >= 11 is 0. The molecule has 2 saturated carbocycles. The molecule has 0 aliphatic heterocycles. The van der Waals surface area contributed by atoms with Crippen molar-refractivity contribution >= 4 is 17.3 Å². The first-order valence-electron chi connectivity index (χ1n) is 6.59. The maximum absolute atomic E-state index is 11.4. The van der Waals surface area contributed by atoms with Crippen LogP contribution in [0.3, 0.4) is 0 Å². The van der Waals surface area contributed by atoms with Crippen LogP contribution in [0.5, 0.6) is 0 Å². The van der Waals surface area contributed by atoms with E-state index < -0.39 is 5.91 Å². The first-order chi connectivity index (χ1) is 8.63. The molecule has 1 aromatic carbocycles. The molecule has 5 N–H and O–H groups in total. The average molecular weight is 245 g/mol. The Kier molecular flexibility index (Phi) is 2.65. The maximum Gasteiger partial charge on any atom is 0.250 e. The van der Waals surface area contributed by atoms with Crippen LogP contribution >= 0.6 is 0 Å². The molecule has 2 aliphatic rings. The maximum atomic E-state index is 11.4. The number of anilines is 2. The van der Waals surface area contributed by atoms with E-state index in [0.717, 1.165) is 17.5 Å². The molecule has 0 radical (unpaired) electrons. The van der Waals surface area contributed by atoms with Gasteiger partial charge in [-0.05, 0) is 49.3 Å². The number of carbonyl (C=O) groups is 1. The van der Waals surface area contributed by atoms with Gasteiger partial charge in [-0.2, -0.15) is 0 Å². The van der Waals surface area contributed by atoms with Gasteiger partial charge < -0.3 is 16.8 Å². The first kappa shape index (κ1) is 11.4. The number of nitrogens with two attached hydrogens (primary N) is 2. The lowest BCUT2D eigenvalue weighted by Gasteiger charge is -2.25. The van der Waals surface area contributed by atoms with Crippen molar-refractivity contribution in [2.45, 2.75) is 31.7 Å². The number of rotatable bonds is 3. The highest BCUT2D eigenvalue weighted by molar-refractivity contribution is 5.99. The zero-order chi connectivity index (χ0) is 12.7. The van der Waals surface area contributed by atoms with Gasteiger partial charge in [-0.25, -0.2) is 0 Å². The number of hydrogen-bond acceptors (Lipinski definition) is 3. The molecule has 1 aromatic rings. The second-order valence-corrected chi connectivity index (χ2v) is 5.59. The molecule has 4 heteroatoms. The van der Waals surface area contributed by atoms with Crippen LogP contribution in [0.2, 0.25) is 0 Å². The molecule has 2 aliphatic carbocycles. The van der Waals surface area contributed by atoms with E-state index in [4.69, 9.17) is 11.5 Å². The van der Waals surface area contributed by atoms with Gasteiger partial charge in [0.2, 0.25) is 0 Å². The number of benzene rings is 1. The quantitative estimate of drug-likeness (QED) is 0.712. The van der Waals surface area contributed by atoms with Crippen LogP contribution in [0, 0.1) is 11.8 Å². The van der Waals surface area contributed by atoms with E-state index in [2.05, 4.69) is 5.32 Å². The lowest BCUT2D eigenvalue weighted by atomic mass is 9.95. The van der Waals surface area contributed by atoms with Crippen molar-refractivity contribution in [3.05, 3.63) is 23.8 Å². The number of hydrogen-bond donors (Lipinski definition) is 3. The summed E-state index contributed by atoms with van der Waals surface area (Å²) in [6, 6.07) is 5.81. The van der Waals surface area contributed by atoms with Crippen LogP contribution in [0.1, 0.15) is 36.0 Å². The minimum absolute atomic E-state index is 0.423. The molecular weight excluding hydrogens is 226 g/mol. The van der Waals surface area contributed by atoms with E-state index in [-0.39, 0.29) is 0 Å². The minimum Gasteiger partial charge on any atom is -0.399 e. The number of nitrogen functional groups attached to an aromatic ring is 1. The molecule has 0 heterocycles. The predicted molar refractivity (Wildman–Crippen MR) is 72.2 cm³/mol. The molecule has 3 atom stereocenters. The van der Waals surface area contributed by atoms with Gasteiger partial charge in [0.1, 0.15) is 0 Å². The predicted octanol–water partition coefficient (Wildman–Crippen LogP) is 1.97. The number of carbonyl (C=O) groups excluding carboxylic acids is 1. The second kappa shape index (κ2) is 4.19. The molecule has 18 heavy (non-hydrogen) atoms. The lowest BCUT2D eigenvalue weighted by molar-refractivity contribution is 0.100. The smallest absolute Gasteiger partial charge is 0.250 e. The van der Waals surface area contributed by atoms with Crippen molar-refractivity contribution in [2.24, 2.45) is 17.6 Å². The van der Waals surface area contributed by atoms with Gasteiger partial charge in [-0.1, -0.05) is 6.42 Å². The van der Waals surface area contributed by atoms with Crippen molar-refractivity contribution in [2.75, 3.05) is 11.1 Å². The third kappa shape index (κ3) is 1.92. The fourth-order valence-electron chi connectivity index (χ4n) is 3.51. The molecule has 1 amide bonds. The molecule has 4 nitrogen and oxygen atoms in total. The normalized spacial score (nSPS) is 29.4. The van der Waals surface area contributed by atoms with Crippen LogP contribution in [-0.2, 0) is 0 Å². The fraction of sp³-hybridized carbons (Fsp3) is 0.500. The van der Waals surface area contributed by atoms with E-state index in [1.807, 2.05) is 12.1 Å². The van der Waals surface area contributed by atoms with Crippen molar-refractivity contribution in [3.8, 4) is 0 Å². The van der Waals surface area contributed by atoms with Crippen molar-refractivity contribution in [1.29, 1.82) is 0 Å². The summed E-state index contributed by atoms with van der Waals surface area (Å²) < 4.78 is 0. The monoisotopic (exact) mass is 245 g/mol. The summed E-state index contributed by atoms with van der Waals surface area (Å²) in [6.45, 7) is 0. The first-order valence-corrected chi connectivity index (χ1v) is 6.59. The molecule has 2 fully saturated rings. The summed E-state index contributed by atoms with van der Waals surface area (Å²) in [5.74, 6) is 1.21. The van der Waals surface area contributed by atoms with Gasteiger partial charge in [0.25, 0.3) is 5.91 Å². The number of fused-ring (bicyclic) bond motifs is 2. The van der Waals surface area contributed by atoms with E-state index in [0.29, 0.717) is 17.3 Å². The van der Waals surface area contributed by atoms with Gasteiger partial charge in [0.15, 0.2) is 0 Å². The Hall–Kier alpha value is -1.71. The van der Waals surface area contributed by atoms with Gasteiger partial charge in [0, 0.05) is 17.4 Å². The Bertz CT molecular complexity index is 486. The largest absolute Gasteiger partial charge is 0.399 e. The third-order valence-corrected chi connectivity index (χ3v) is 4.39. The summed E-state index contributed by atoms with van der Waals surface area (Å²) in [5.41, 5.74) is 13.0. The number of primary amides is 1. The van der Waals surface area contributed by atoms with Crippen molar-refractivity contribution in [1.82, 2.24) is 0 Å². The summed E-state index contributed by atoms with van der Waals surface area (Å²) in [5, 5.41) is 3.49. The Labute approximate surface area is 107 Å². The Morgan fingerprint density at radius 2 is 2.11 bits per heavy atom. The van der Waals surface area contributed by atoms with E-state index in [1.165, 1.54) is 25.7 Å². The summed E-state index contributed by atoms with van der Waals surface area (Å²) in [7, 11) is 0. The zero-order valence-corrected chi connectivity index (χ0v) is 10.4. The van der Waals surface area contributed by atoms with Gasteiger partial charge in [-0.15, -0.1) is 0 Å².